The molecule has 0 radical (unpaired) electrons. The van der Waals surface area contributed by atoms with Crippen LogP contribution in [0.4, 0.5) is 0 Å². The topological polar surface area (TPSA) is 43.1 Å². The second-order valence-electron chi connectivity index (χ2n) is 2.66. The maximum Gasteiger partial charge on any atom is 0.161 e. The monoisotopic (exact) mass is 181 g/mol. The van der Waals surface area contributed by atoms with Gasteiger partial charge < -0.3 is 5.73 Å². The molecule has 2 N–H and O–H groups in total. The van der Waals surface area contributed by atoms with Gasteiger partial charge in [0.25, 0.3) is 0 Å². The highest BCUT2D eigenvalue weighted by Gasteiger charge is 1.99. The lowest BCUT2D eigenvalue weighted by Gasteiger charge is -1.92. The van der Waals surface area contributed by atoms with Crippen LogP contribution < -0.4 is 5.73 Å². The summed E-state index contributed by atoms with van der Waals surface area (Å²) in [5, 5.41) is 3.93. The largest absolute Gasteiger partial charge is 0.402 e. The molecule has 0 aromatic carbocycles. The molecule has 2 nitrogen and oxygen atoms in total. The molecular formula is C9H11NOS. The van der Waals surface area contributed by atoms with Gasteiger partial charge in [-0.2, -0.15) is 11.3 Å². The Hall–Kier alpha value is -1.09. The van der Waals surface area contributed by atoms with E-state index in [-0.39, 0.29) is 5.78 Å². The van der Waals surface area contributed by atoms with E-state index in [1.54, 1.807) is 18.3 Å². The van der Waals surface area contributed by atoms with Crippen molar-refractivity contribution >= 4 is 17.1 Å². The molecule has 0 aliphatic rings. The number of rotatable bonds is 3. The van der Waals surface area contributed by atoms with Crippen molar-refractivity contribution in [3.05, 3.63) is 34.2 Å². The van der Waals surface area contributed by atoms with E-state index in [2.05, 4.69) is 0 Å². The van der Waals surface area contributed by atoms with Crippen molar-refractivity contribution in [1.82, 2.24) is 0 Å². The Morgan fingerprint density at radius 1 is 1.75 bits per heavy atom. The van der Waals surface area contributed by atoms with Crippen molar-refractivity contribution in [2.24, 2.45) is 5.73 Å². The van der Waals surface area contributed by atoms with Gasteiger partial charge in [-0.25, -0.2) is 0 Å². The molecule has 1 aromatic rings. The summed E-state index contributed by atoms with van der Waals surface area (Å²) in [6.45, 7) is 1.71. The highest BCUT2D eigenvalue weighted by molar-refractivity contribution is 7.07. The summed E-state index contributed by atoms with van der Waals surface area (Å²) in [7, 11) is 0. The SMILES string of the molecule is C/C(N)=C/C(=O)Cc1ccsc1. The zero-order valence-corrected chi connectivity index (χ0v) is 7.73. The van der Waals surface area contributed by atoms with E-state index < -0.39 is 0 Å². The molecule has 0 spiro atoms. The smallest absolute Gasteiger partial charge is 0.161 e. The second kappa shape index (κ2) is 4.07. The van der Waals surface area contributed by atoms with Crippen LogP contribution in [-0.4, -0.2) is 5.78 Å². The van der Waals surface area contributed by atoms with Crippen molar-refractivity contribution in [2.45, 2.75) is 13.3 Å². The quantitative estimate of drug-likeness (QED) is 0.721. The molecule has 0 aliphatic heterocycles. The lowest BCUT2D eigenvalue weighted by atomic mass is 10.1. The standard InChI is InChI=1S/C9H11NOS/c1-7(10)4-9(11)5-8-2-3-12-6-8/h2-4,6H,5,10H2,1H3/b7-4-. The first-order valence-corrected chi connectivity index (χ1v) is 4.60. The molecule has 0 atom stereocenters. The minimum absolute atomic E-state index is 0.0633. The van der Waals surface area contributed by atoms with Crippen molar-refractivity contribution in [2.75, 3.05) is 0 Å². The van der Waals surface area contributed by atoms with Gasteiger partial charge in [-0.1, -0.05) is 0 Å². The molecule has 0 unspecified atom stereocenters. The van der Waals surface area contributed by atoms with Gasteiger partial charge in [0.15, 0.2) is 5.78 Å². The van der Waals surface area contributed by atoms with Crippen LogP contribution in [0.25, 0.3) is 0 Å². The van der Waals surface area contributed by atoms with Gasteiger partial charge >= 0.3 is 0 Å². The van der Waals surface area contributed by atoms with Crippen molar-refractivity contribution in [3.63, 3.8) is 0 Å². The Labute approximate surface area is 75.7 Å². The summed E-state index contributed by atoms with van der Waals surface area (Å²) in [6, 6.07) is 1.95. The summed E-state index contributed by atoms with van der Waals surface area (Å²) in [5.41, 5.74) is 6.99. The molecule has 0 aliphatic carbocycles. The Morgan fingerprint density at radius 2 is 2.50 bits per heavy atom. The number of thiophene rings is 1. The highest BCUT2D eigenvalue weighted by Crippen LogP contribution is 2.07. The fourth-order valence-corrected chi connectivity index (χ4v) is 1.57. The van der Waals surface area contributed by atoms with Gasteiger partial charge in [-0.05, 0) is 35.4 Å². The first-order valence-electron chi connectivity index (χ1n) is 3.66. The average Bonchev–Trinajstić information content (AvgIpc) is 2.37. The number of hydrogen-bond donors (Lipinski definition) is 1. The van der Waals surface area contributed by atoms with E-state index in [0.29, 0.717) is 12.1 Å². The minimum atomic E-state index is 0.0633. The molecule has 0 bridgehead atoms. The molecule has 1 heterocycles. The van der Waals surface area contributed by atoms with Crippen LogP contribution in [0, 0.1) is 0 Å². The molecule has 0 amide bonds. The maximum atomic E-state index is 11.2. The molecule has 0 fully saturated rings. The van der Waals surface area contributed by atoms with Gasteiger partial charge in [0.05, 0.1) is 0 Å². The second-order valence-corrected chi connectivity index (χ2v) is 3.44. The number of hydrogen-bond acceptors (Lipinski definition) is 3. The zero-order chi connectivity index (χ0) is 8.97. The molecule has 1 rings (SSSR count). The van der Waals surface area contributed by atoms with Crippen molar-refractivity contribution in [1.29, 1.82) is 0 Å². The van der Waals surface area contributed by atoms with E-state index in [9.17, 15) is 4.79 Å². The van der Waals surface area contributed by atoms with Gasteiger partial charge in [0.2, 0.25) is 0 Å². The molecule has 1 aromatic heterocycles. The molecule has 0 saturated heterocycles. The molecule has 64 valence electrons. The summed E-state index contributed by atoms with van der Waals surface area (Å²) < 4.78 is 0. The maximum absolute atomic E-state index is 11.2. The molecule has 3 heteroatoms. The number of nitrogens with two attached hydrogens (primary N) is 1. The number of ketones is 1. The van der Waals surface area contributed by atoms with E-state index in [1.807, 2.05) is 16.8 Å². The average molecular weight is 181 g/mol. The molecular weight excluding hydrogens is 170 g/mol. The molecule has 0 saturated carbocycles. The number of carbonyl (C=O) groups excluding carboxylic acids is 1. The van der Waals surface area contributed by atoms with Crippen LogP contribution in [0.5, 0.6) is 0 Å². The predicted molar refractivity (Wildman–Crippen MR) is 51.0 cm³/mol. The Kier molecular flexibility index (Phi) is 3.05. The normalized spacial score (nSPS) is 11.6. The lowest BCUT2D eigenvalue weighted by molar-refractivity contribution is -0.114. The third-order valence-corrected chi connectivity index (χ3v) is 2.08. The third kappa shape index (κ3) is 2.88. The third-order valence-electron chi connectivity index (χ3n) is 1.35. The van der Waals surface area contributed by atoms with Crippen LogP contribution >= 0.6 is 11.3 Å². The fourth-order valence-electron chi connectivity index (χ4n) is 0.899. The predicted octanol–water partition coefficient (Wildman–Crippen LogP) is 1.72. The number of allylic oxidation sites excluding steroid dienone is 2. The minimum Gasteiger partial charge on any atom is -0.402 e. The lowest BCUT2D eigenvalue weighted by Crippen LogP contribution is -2.01. The zero-order valence-electron chi connectivity index (χ0n) is 6.91. The van der Waals surface area contributed by atoms with Crippen molar-refractivity contribution < 1.29 is 4.79 Å². The summed E-state index contributed by atoms with van der Waals surface area (Å²) >= 11 is 1.60. The van der Waals surface area contributed by atoms with Crippen LogP contribution in [0.2, 0.25) is 0 Å². The summed E-state index contributed by atoms with van der Waals surface area (Å²) in [6.07, 6.45) is 1.93. The first kappa shape index (κ1) is 9.00. The van der Waals surface area contributed by atoms with Crippen LogP contribution in [-0.2, 0) is 11.2 Å². The van der Waals surface area contributed by atoms with E-state index in [0.717, 1.165) is 5.56 Å². The van der Waals surface area contributed by atoms with Crippen LogP contribution in [0.15, 0.2) is 28.6 Å². The highest BCUT2D eigenvalue weighted by atomic mass is 32.1. The Morgan fingerprint density at radius 3 is 3.00 bits per heavy atom. The van der Waals surface area contributed by atoms with Gasteiger partial charge in [-0.15, -0.1) is 0 Å². The van der Waals surface area contributed by atoms with Gasteiger partial charge in [0.1, 0.15) is 0 Å². The fraction of sp³-hybridized carbons (Fsp3) is 0.222. The van der Waals surface area contributed by atoms with Crippen LogP contribution in [0.1, 0.15) is 12.5 Å². The van der Waals surface area contributed by atoms with E-state index in [1.165, 1.54) is 6.08 Å². The summed E-state index contributed by atoms with van der Waals surface area (Å²) in [4.78, 5) is 11.2. The summed E-state index contributed by atoms with van der Waals surface area (Å²) in [5.74, 6) is 0.0633. The Bertz CT molecular complexity index is 283. The van der Waals surface area contributed by atoms with Crippen LogP contribution in [0.3, 0.4) is 0 Å². The van der Waals surface area contributed by atoms with Gasteiger partial charge in [0, 0.05) is 12.1 Å². The first-order chi connectivity index (χ1) is 5.68. The van der Waals surface area contributed by atoms with Crippen molar-refractivity contribution in [3.8, 4) is 0 Å². The van der Waals surface area contributed by atoms with Gasteiger partial charge in [-0.3, -0.25) is 4.79 Å². The van der Waals surface area contributed by atoms with E-state index in [4.69, 9.17) is 5.73 Å². The number of carbonyl (C=O) groups is 1. The van der Waals surface area contributed by atoms with E-state index >= 15 is 0 Å². The molecule has 12 heavy (non-hydrogen) atoms. The Balaban J connectivity index is 2.54.